The van der Waals surface area contributed by atoms with E-state index in [0.29, 0.717) is 16.7 Å². The van der Waals surface area contributed by atoms with Gasteiger partial charge in [-0.2, -0.15) is 0 Å². The fraction of sp³-hybridized carbons (Fsp3) is 0.111. The second-order valence-corrected chi connectivity index (χ2v) is 5.23. The molecule has 110 valence electrons. The molecule has 0 spiro atoms. The number of carbonyl (C=O) groups excluding carboxylic acids is 1. The Morgan fingerprint density at radius 1 is 1.09 bits per heavy atom. The highest BCUT2D eigenvalue weighted by Gasteiger charge is 2.08. The van der Waals surface area contributed by atoms with Gasteiger partial charge in [0.15, 0.2) is 0 Å². The van der Waals surface area contributed by atoms with E-state index >= 15 is 0 Å². The van der Waals surface area contributed by atoms with E-state index in [1.54, 1.807) is 18.2 Å². The van der Waals surface area contributed by atoms with Gasteiger partial charge in [-0.15, -0.1) is 0 Å². The maximum absolute atomic E-state index is 11.4. The van der Waals surface area contributed by atoms with Crippen molar-refractivity contribution in [2.45, 2.75) is 13.8 Å². The zero-order valence-electron chi connectivity index (χ0n) is 12.4. The van der Waals surface area contributed by atoms with E-state index in [4.69, 9.17) is 0 Å². The monoisotopic (exact) mass is 291 g/mol. The summed E-state index contributed by atoms with van der Waals surface area (Å²) in [6.45, 7) is 4.04. The van der Waals surface area contributed by atoms with Gasteiger partial charge in [0.1, 0.15) is 5.82 Å². The number of aromatic carboxylic acids is 1. The molecule has 0 saturated carbocycles. The lowest BCUT2D eigenvalue weighted by atomic mass is 10.1. The van der Waals surface area contributed by atoms with Crippen molar-refractivity contribution < 1.29 is 9.90 Å². The normalized spacial score (nSPS) is 10.6. The van der Waals surface area contributed by atoms with E-state index in [1.165, 1.54) is 6.07 Å². The van der Waals surface area contributed by atoms with Crippen molar-refractivity contribution in [3.05, 3.63) is 65.2 Å². The van der Waals surface area contributed by atoms with E-state index in [1.807, 2.05) is 38.1 Å². The van der Waals surface area contributed by atoms with Crippen molar-refractivity contribution in [2.75, 3.05) is 5.32 Å². The Morgan fingerprint density at radius 3 is 2.64 bits per heavy atom. The molecule has 3 rings (SSSR count). The van der Waals surface area contributed by atoms with Crippen LogP contribution in [0.5, 0.6) is 0 Å². The number of carboxylic acids is 1. The van der Waals surface area contributed by atoms with E-state index in [-0.39, 0.29) is 5.56 Å². The number of nitrogens with zero attached hydrogens (tertiary/aromatic N) is 1. The number of benzene rings is 2. The predicted octanol–water partition coefficient (Wildman–Crippen LogP) is 2.96. The largest absolute Gasteiger partial charge is 0.545 e. The van der Waals surface area contributed by atoms with Gasteiger partial charge in [0.05, 0.1) is 11.5 Å². The van der Waals surface area contributed by atoms with E-state index < -0.39 is 5.97 Å². The van der Waals surface area contributed by atoms with Crippen LogP contribution in [0.15, 0.2) is 48.5 Å². The maximum Gasteiger partial charge on any atom is 0.131 e. The van der Waals surface area contributed by atoms with Crippen LogP contribution in [0.1, 0.15) is 21.5 Å². The number of para-hydroxylation sites is 1. The second kappa shape index (κ2) is 5.48. The summed E-state index contributed by atoms with van der Waals surface area (Å²) in [5, 5.41) is 15.1. The molecule has 0 saturated heterocycles. The van der Waals surface area contributed by atoms with Crippen molar-refractivity contribution in [3.8, 4) is 0 Å². The Hall–Kier alpha value is -2.88. The number of hydrogen-bond donors (Lipinski definition) is 1. The third kappa shape index (κ3) is 2.51. The fourth-order valence-electron chi connectivity index (χ4n) is 2.43. The first-order valence-corrected chi connectivity index (χ1v) is 7.00. The van der Waals surface area contributed by atoms with Gasteiger partial charge in [-0.3, -0.25) is 0 Å². The Morgan fingerprint density at radius 2 is 1.86 bits per heavy atom. The van der Waals surface area contributed by atoms with Crippen LogP contribution in [0.3, 0.4) is 0 Å². The highest BCUT2D eigenvalue weighted by atomic mass is 16.4. The van der Waals surface area contributed by atoms with Crippen molar-refractivity contribution >= 4 is 28.4 Å². The van der Waals surface area contributed by atoms with Crippen LogP contribution >= 0.6 is 0 Å². The molecular weight excluding hydrogens is 276 g/mol. The fourth-order valence-corrected chi connectivity index (χ4v) is 2.43. The standard InChI is InChI=1S/C18H16N2O2/c1-11-6-5-9-15(12(11)2)19-17-10-14(18(21)22)13-7-3-4-8-16(13)20-17/h3-10H,1-2H3,(H,19,20)(H,21,22)/p-1. The minimum Gasteiger partial charge on any atom is -0.545 e. The lowest BCUT2D eigenvalue weighted by molar-refractivity contribution is -0.254. The van der Waals surface area contributed by atoms with Crippen LogP contribution in [0, 0.1) is 13.8 Å². The smallest absolute Gasteiger partial charge is 0.131 e. The molecule has 0 aliphatic carbocycles. The Balaban J connectivity index is 2.11. The molecule has 0 radical (unpaired) electrons. The lowest BCUT2D eigenvalue weighted by Crippen LogP contribution is -2.22. The quantitative estimate of drug-likeness (QED) is 0.805. The molecule has 0 fully saturated rings. The Bertz CT molecular complexity index is 872. The molecule has 3 aromatic rings. The number of anilines is 2. The van der Waals surface area contributed by atoms with Crippen LogP contribution < -0.4 is 10.4 Å². The SMILES string of the molecule is Cc1cccc(Nc2cc(C(=O)[O-])c3ccccc3n2)c1C. The minimum absolute atomic E-state index is 0.137. The first kappa shape index (κ1) is 14.1. The summed E-state index contributed by atoms with van der Waals surface area (Å²) in [6.07, 6.45) is 0. The summed E-state index contributed by atoms with van der Waals surface area (Å²) >= 11 is 0. The van der Waals surface area contributed by atoms with Crippen molar-refractivity contribution in [1.29, 1.82) is 0 Å². The molecule has 0 unspecified atom stereocenters. The number of aromatic nitrogens is 1. The van der Waals surface area contributed by atoms with Gasteiger partial charge in [-0.05, 0) is 43.2 Å². The number of carbonyl (C=O) groups is 1. The third-order valence-corrected chi connectivity index (χ3v) is 3.80. The first-order chi connectivity index (χ1) is 10.6. The van der Waals surface area contributed by atoms with E-state index in [0.717, 1.165) is 16.8 Å². The number of rotatable bonds is 3. The molecule has 22 heavy (non-hydrogen) atoms. The minimum atomic E-state index is -1.21. The molecule has 1 N–H and O–H groups in total. The van der Waals surface area contributed by atoms with Gasteiger partial charge in [0.25, 0.3) is 0 Å². The molecular formula is C18H15N2O2-. The van der Waals surface area contributed by atoms with Crippen LogP contribution in [-0.4, -0.2) is 11.0 Å². The molecule has 0 atom stereocenters. The molecule has 4 heteroatoms. The van der Waals surface area contributed by atoms with Crippen LogP contribution in [-0.2, 0) is 0 Å². The number of carboxylic acid groups (broad SMARTS) is 1. The van der Waals surface area contributed by atoms with Crippen LogP contribution in [0.25, 0.3) is 10.9 Å². The number of pyridine rings is 1. The van der Waals surface area contributed by atoms with E-state index in [2.05, 4.69) is 10.3 Å². The Labute approximate surface area is 128 Å². The van der Waals surface area contributed by atoms with Crippen molar-refractivity contribution in [1.82, 2.24) is 4.98 Å². The summed E-state index contributed by atoms with van der Waals surface area (Å²) < 4.78 is 0. The highest BCUT2D eigenvalue weighted by Crippen LogP contribution is 2.25. The van der Waals surface area contributed by atoms with Crippen molar-refractivity contribution in [2.24, 2.45) is 0 Å². The molecule has 0 aliphatic rings. The molecule has 1 aromatic heterocycles. The summed E-state index contributed by atoms with van der Waals surface area (Å²) in [5.74, 6) is -0.714. The number of nitrogens with one attached hydrogen (secondary N) is 1. The average molecular weight is 291 g/mol. The Kier molecular flexibility index (Phi) is 3.51. The number of fused-ring (bicyclic) bond motifs is 1. The van der Waals surface area contributed by atoms with E-state index in [9.17, 15) is 9.90 Å². The molecule has 0 amide bonds. The second-order valence-electron chi connectivity index (χ2n) is 5.23. The summed E-state index contributed by atoms with van der Waals surface area (Å²) in [7, 11) is 0. The van der Waals surface area contributed by atoms with Gasteiger partial charge in [-0.25, -0.2) is 4.98 Å². The predicted molar refractivity (Wildman–Crippen MR) is 85.3 cm³/mol. The topological polar surface area (TPSA) is 65.0 Å². The van der Waals surface area contributed by atoms with Gasteiger partial charge < -0.3 is 15.2 Å². The highest BCUT2D eigenvalue weighted by molar-refractivity contribution is 6.02. The van der Waals surface area contributed by atoms with Gasteiger partial charge in [0, 0.05) is 16.6 Å². The van der Waals surface area contributed by atoms with Crippen LogP contribution in [0.2, 0.25) is 0 Å². The molecule has 4 nitrogen and oxygen atoms in total. The maximum atomic E-state index is 11.4. The average Bonchev–Trinajstić information content (AvgIpc) is 2.51. The summed E-state index contributed by atoms with van der Waals surface area (Å²) in [5.41, 5.74) is 3.93. The van der Waals surface area contributed by atoms with Gasteiger partial charge >= 0.3 is 0 Å². The van der Waals surface area contributed by atoms with Crippen LogP contribution in [0.4, 0.5) is 11.5 Å². The number of aryl methyl sites for hydroxylation is 1. The lowest BCUT2D eigenvalue weighted by Gasteiger charge is -2.14. The zero-order valence-corrected chi connectivity index (χ0v) is 12.4. The molecule has 2 aromatic carbocycles. The zero-order chi connectivity index (χ0) is 15.7. The summed E-state index contributed by atoms with van der Waals surface area (Å²) in [6, 6.07) is 14.6. The third-order valence-electron chi connectivity index (χ3n) is 3.80. The molecule has 0 bridgehead atoms. The van der Waals surface area contributed by atoms with Gasteiger partial charge in [-0.1, -0.05) is 30.3 Å². The number of hydrogen-bond acceptors (Lipinski definition) is 4. The van der Waals surface area contributed by atoms with Gasteiger partial charge in [0.2, 0.25) is 0 Å². The first-order valence-electron chi connectivity index (χ1n) is 7.00. The summed E-state index contributed by atoms with van der Waals surface area (Å²) in [4.78, 5) is 15.9. The van der Waals surface area contributed by atoms with Crippen molar-refractivity contribution in [3.63, 3.8) is 0 Å². The molecule has 0 aliphatic heterocycles. The molecule has 1 heterocycles.